The highest BCUT2D eigenvalue weighted by atomic mass is 35.5. The summed E-state index contributed by atoms with van der Waals surface area (Å²) in [6.07, 6.45) is -3.38. The third-order valence-electron chi connectivity index (χ3n) is 3.00. The van der Waals surface area contributed by atoms with Crippen molar-refractivity contribution in [1.29, 1.82) is 0 Å². The van der Waals surface area contributed by atoms with E-state index >= 15 is 0 Å². The van der Waals surface area contributed by atoms with Crippen LogP contribution in [0.1, 0.15) is 24.2 Å². The average molecular weight is 365 g/mol. The highest BCUT2D eigenvalue weighted by Gasteiger charge is 2.37. The molecule has 1 unspecified atom stereocenters. The Balaban J connectivity index is 2.41. The number of hydrogen-bond acceptors (Lipinski definition) is 3. The van der Waals surface area contributed by atoms with Gasteiger partial charge in [0.1, 0.15) is 0 Å². The monoisotopic (exact) mass is 364 g/mol. The summed E-state index contributed by atoms with van der Waals surface area (Å²) in [7, 11) is -4.41. The van der Waals surface area contributed by atoms with Crippen LogP contribution in [-0.2, 0) is 16.2 Å². The van der Waals surface area contributed by atoms with Crippen LogP contribution in [0, 0.1) is 0 Å². The van der Waals surface area contributed by atoms with Crippen molar-refractivity contribution in [2.45, 2.75) is 24.0 Å². The number of rotatable bonds is 4. The molecular weight excluding hydrogens is 353 g/mol. The van der Waals surface area contributed by atoms with Crippen LogP contribution < -0.4 is 4.72 Å². The minimum atomic E-state index is -4.84. The normalized spacial score (nSPS) is 13.8. The maximum atomic E-state index is 13.1. The average Bonchev–Trinajstić information content (AvgIpc) is 2.46. The van der Waals surface area contributed by atoms with E-state index in [4.69, 9.17) is 11.6 Å². The van der Waals surface area contributed by atoms with Gasteiger partial charge in [0.25, 0.3) is 0 Å². The summed E-state index contributed by atoms with van der Waals surface area (Å²) in [5, 5.41) is -0.200. The van der Waals surface area contributed by atoms with E-state index in [2.05, 4.69) is 9.71 Å². The number of hydrogen-bond donors (Lipinski definition) is 1. The molecule has 0 saturated carbocycles. The molecular formula is C14H12ClF3N2O2S. The molecule has 2 aromatic rings. The van der Waals surface area contributed by atoms with Gasteiger partial charge < -0.3 is 0 Å². The first-order valence-corrected chi connectivity index (χ1v) is 8.27. The largest absolute Gasteiger partial charge is 0.417 e. The Kier molecular flexibility index (Phi) is 4.98. The van der Waals surface area contributed by atoms with Crippen molar-refractivity contribution in [3.05, 3.63) is 58.9 Å². The van der Waals surface area contributed by atoms with Crippen molar-refractivity contribution in [1.82, 2.24) is 9.71 Å². The van der Waals surface area contributed by atoms with Crippen LogP contribution in [0.15, 0.2) is 47.5 Å². The highest BCUT2D eigenvalue weighted by Crippen LogP contribution is 2.36. The Labute approximate surface area is 136 Å². The van der Waals surface area contributed by atoms with Crippen molar-refractivity contribution in [2.75, 3.05) is 0 Å². The van der Waals surface area contributed by atoms with Crippen LogP contribution in [0.5, 0.6) is 0 Å². The van der Waals surface area contributed by atoms with E-state index in [9.17, 15) is 21.6 Å². The van der Waals surface area contributed by atoms with Crippen LogP contribution in [-0.4, -0.2) is 13.4 Å². The second-order valence-corrected chi connectivity index (χ2v) is 6.85. The topological polar surface area (TPSA) is 59.1 Å². The lowest BCUT2D eigenvalue weighted by atomic mass is 10.2. The van der Waals surface area contributed by atoms with Gasteiger partial charge in [0.05, 0.1) is 22.2 Å². The van der Waals surface area contributed by atoms with Crippen LogP contribution in [0.4, 0.5) is 13.2 Å². The third-order valence-corrected chi connectivity index (χ3v) is 4.83. The Morgan fingerprint density at radius 2 is 1.91 bits per heavy atom. The fourth-order valence-corrected chi connectivity index (χ4v) is 3.54. The molecule has 0 aliphatic carbocycles. The minimum absolute atomic E-state index is 0.200. The number of alkyl halides is 3. The number of pyridine rings is 1. The van der Waals surface area contributed by atoms with Crippen LogP contribution in [0.25, 0.3) is 0 Å². The quantitative estimate of drug-likeness (QED) is 0.897. The number of nitrogens with zero attached hydrogens (tertiary/aromatic N) is 1. The predicted octanol–water partition coefficient (Wildman–Crippen LogP) is 3.79. The molecule has 0 amide bonds. The van der Waals surface area contributed by atoms with Gasteiger partial charge in [-0.05, 0) is 37.3 Å². The summed E-state index contributed by atoms with van der Waals surface area (Å²) in [6.45, 7) is 1.49. The van der Waals surface area contributed by atoms with Gasteiger partial charge in [-0.2, -0.15) is 13.2 Å². The molecule has 9 heteroatoms. The molecule has 124 valence electrons. The lowest BCUT2D eigenvalue weighted by Gasteiger charge is -2.17. The first kappa shape index (κ1) is 17.7. The molecule has 1 heterocycles. The zero-order chi connectivity index (χ0) is 17.3. The second kappa shape index (κ2) is 6.46. The van der Waals surface area contributed by atoms with Gasteiger partial charge in [-0.25, -0.2) is 13.1 Å². The Morgan fingerprint density at radius 1 is 1.22 bits per heavy atom. The smallest absolute Gasteiger partial charge is 0.260 e. The zero-order valence-corrected chi connectivity index (χ0v) is 13.4. The molecule has 1 aromatic carbocycles. The van der Waals surface area contributed by atoms with Crippen molar-refractivity contribution < 1.29 is 21.6 Å². The Morgan fingerprint density at radius 3 is 2.48 bits per heavy atom. The van der Waals surface area contributed by atoms with Crippen LogP contribution in [0.2, 0.25) is 5.02 Å². The van der Waals surface area contributed by atoms with E-state index in [1.54, 1.807) is 18.2 Å². The summed E-state index contributed by atoms with van der Waals surface area (Å²) in [6, 6.07) is 6.58. The molecule has 0 bridgehead atoms. The van der Waals surface area contributed by atoms with Crippen molar-refractivity contribution in [3.63, 3.8) is 0 Å². The van der Waals surface area contributed by atoms with E-state index in [-0.39, 0.29) is 5.02 Å². The number of benzene rings is 1. The van der Waals surface area contributed by atoms with E-state index < -0.39 is 32.7 Å². The van der Waals surface area contributed by atoms with Gasteiger partial charge in [-0.1, -0.05) is 17.7 Å². The Bertz CT molecular complexity index is 795. The summed E-state index contributed by atoms with van der Waals surface area (Å²) in [4.78, 5) is 3.09. The minimum Gasteiger partial charge on any atom is -0.260 e. The Hall–Kier alpha value is -1.64. The van der Waals surface area contributed by atoms with Gasteiger partial charge in [0.2, 0.25) is 10.0 Å². The zero-order valence-electron chi connectivity index (χ0n) is 11.8. The summed E-state index contributed by atoms with van der Waals surface area (Å²) in [5.41, 5.74) is -0.927. The molecule has 0 aliphatic rings. The van der Waals surface area contributed by atoms with E-state index in [1.807, 2.05) is 0 Å². The summed E-state index contributed by atoms with van der Waals surface area (Å²) < 4.78 is 66.0. The molecule has 1 atom stereocenters. The van der Waals surface area contributed by atoms with E-state index in [0.717, 1.165) is 12.1 Å². The first-order chi connectivity index (χ1) is 10.6. The molecule has 0 aliphatic heterocycles. The molecule has 0 saturated heterocycles. The van der Waals surface area contributed by atoms with Crippen molar-refractivity contribution in [2.24, 2.45) is 0 Å². The molecule has 1 N–H and O–H groups in total. The van der Waals surface area contributed by atoms with Crippen molar-refractivity contribution in [3.8, 4) is 0 Å². The molecule has 0 radical (unpaired) electrons. The van der Waals surface area contributed by atoms with Crippen LogP contribution >= 0.6 is 11.6 Å². The van der Waals surface area contributed by atoms with Gasteiger partial charge in [0, 0.05) is 11.2 Å². The molecule has 0 fully saturated rings. The van der Waals surface area contributed by atoms with Crippen LogP contribution in [0.3, 0.4) is 0 Å². The van der Waals surface area contributed by atoms with Gasteiger partial charge in [-0.15, -0.1) is 0 Å². The number of sulfonamides is 1. The maximum Gasteiger partial charge on any atom is 0.417 e. The van der Waals surface area contributed by atoms with E-state index in [0.29, 0.717) is 11.8 Å². The first-order valence-electron chi connectivity index (χ1n) is 6.41. The predicted molar refractivity (Wildman–Crippen MR) is 79.4 cm³/mol. The van der Waals surface area contributed by atoms with E-state index in [1.165, 1.54) is 13.1 Å². The standard InChI is InChI=1S/C14H12ClF3N2O2S/c1-9(12-4-2-3-7-19-12)20-23(21,22)13-6-5-10(15)8-11(13)14(16,17)18/h2-9,20H,1H3. The second-order valence-electron chi connectivity index (χ2n) is 4.74. The number of aromatic nitrogens is 1. The molecule has 0 spiro atoms. The molecule has 1 aromatic heterocycles. The van der Waals surface area contributed by atoms with Gasteiger partial charge in [0.15, 0.2) is 0 Å². The summed E-state index contributed by atoms with van der Waals surface area (Å²) >= 11 is 5.55. The van der Waals surface area contributed by atoms with Gasteiger partial charge in [-0.3, -0.25) is 4.98 Å². The lowest BCUT2D eigenvalue weighted by Crippen LogP contribution is -2.29. The number of nitrogens with one attached hydrogen (secondary N) is 1. The SMILES string of the molecule is CC(NS(=O)(=O)c1ccc(Cl)cc1C(F)(F)F)c1ccccn1. The fourth-order valence-electron chi connectivity index (χ4n) is 1.95. The van der Waals surface area contributed by atoms with Gasteiger partial charge >= 0.3 is 6.18 Å². The molecule has 23 heavy (non-hydrogen) atoms. The summed E-state index contributed by atoms with van der Waals surface area (Å²) in [5.74, 6) is 0. The molecule has 2 rings (SSSR count). The molecule has 4 nitrogen and oxygen atoms in total. The fraction of sp³-hybridized carbons (Fsp3) is 0.214. The number of halogens is 4. The maximum absolute atomic E-state index is 13.1. The van der Waals surface area contributed by atoms with Crippen molar-refractivity contribution >= 4 is 21.6 Å². The lowest BCUT2D eigenvalue weighted by molar-refractivity contribution is -0.139. The highest BCUT2D eigenvalue weighted by molar-refractivity contribution is 7.89. The third kappa shape index (κ3) is 4.21.